The normalized spacial score (nSPS) is 19.2. The summed E-state index contributed by atoms with van der Waals surface area (Å²) in [4.78, 5) is 2.29. The molecule has 0 aliphatic carbocycles. The van der Waals surface area contributed by atoms with E-state index in [0.29, 0.717) is 0 Å². The van der Waals surface area contributed by atoms with Gasteiger partial charge in [0.25, 0.3) is 0 Å². The van der Waals surface area contributed by atoms with Crippen molar-refractivity contribution >= 4 is 0 Å². The number of rotatable bonds is 4. The Morgan fingerprint density at radius 3 is 2.47 bits per heavy atom. The van der Waals surface area contributed by atoms with E-state index in [-0.39, 0.29) is 18.5 Å². The Balaban J connectivity index is 1.96. The first kappa shape index (κ1) is 12.5. The zero-order valence-corrected chi connectivity index (χ0v) is 9.90. The molecule has 4 heteroatoms. The maximum Gasteiger partial charge on any atom is 0.123 e. The Labute approximate surface area is 101 Å². The van der Waals surface area contributed by atoms with Gasteiger partial charge in [-0.15, -0.1) is 0 Å². The molecule has 1 fully saturated rings. The molecule has 1 aromatic rings. The Kier molecular flexibility index (Phi) is 4.48. The third-order valence-electron chi connectivity index (χ3n) is 3.26. The first-order valence-electron chi connectivity index (χ1n) is 6.09. The molecule has 2 N–H and O–H groups in total. The Bertz CT molecular complexity index is 336. The average Bonchev–Trinajstić information content (AvgIpc) is 2.39. The standard InChI is InChI=1S/C13H19FN2O/c14-12-3-1-11(2-4-12)9-13(10-17)16-7-5-15-6-8-16/h1-4,13,15,17H,5-10H2. The van der Waals surface area contributed by atoms with Crippen molar-refractivity contribution in [2.24, 2.45) is 0 Å². The van der Waals surface area contributed by atoms with Gasteiger partial charge in [0, 0.05) is 32.2 Å². The number of aliphatic hydroxyl groups is 1. The maximum atomic E-state index is 12.8. The number of hydrogen-bond acceptors (Lipinski definition) is 3. The number of halogens is 1. The summed E-state index contributed by atoms with van der Waals surface area (Å²) in [5.41, 5.74) is 1.07. The van der Waals surface area contributed by atoms with Gasteiger partial charge in [-0.3, -0.25) is 4.90 Å². The van der Waals surface area contributed by atoms with Crippen LogP contribution in [0.1, 0.15) is 5.56 Å². The molecule has 1 aliphatic rings. The van der Waals surface area contributed by atoms with Gasteiger partial charge in [0.05, 0.1) is 6.61 Å². The minimum absolute atomic E-state index is 0.141. The van der Waals surface area contributed by atoms with Crippen molar-refractivity contribution in [3.63, 3.8) is 0 Å². The van der Waals surface area contributed by atoms with E-state index in [4.69, 9.17) is 0 Å². The lowest BCUT2D eigenvalue weighted by atomic mass is 10.0. The highest BCUT2D eigenvalue weighted by atomic mass is 19.1. The molecule has 1 atom stereocenters. The molecule has 0 spiro atoms. The molecule has 2 rings (SSSR count). The highest BCUT2D eigenvalue weighted by Crippen LogP contribution is 2.10. The van der Waals surface area contributed by atoms with Crippen LogP contribution in [0, 0.1) is 5.82 Å². The highest BCUT2D eigenvalue weighted by molar-refractivity contribution is 5.17. The molecule has 0 radical (unpaired) electrons. The molecule has 0 amide bonds. The molecule has 0 saturated carbocycles. The quantitative estimate of drug-likeness (QED) is 0.808. The van der Waals surface area contributed by atoms with E-state index in [1.165, 1.54) is 12.1 Å². The summed E-state index contributed by atoms with van der Waals surface area (Å²) in [6.07, 6.45) is 0.775. The summed E-state index contributed by atoms with van der Waals surface area (Å²) < 4.78 is 12.8. The van der Waals surface area contributed by atoms with E-state index in [0.717, 1.165) is 38.2 Å². The monoisotopic (exact) mass is 238 g/mol. The second kappa shape index (κ2) is 6.10. The average molecular weight is 238 g/mol. The van der Waals surface area contributed by atoms with Gasteiger partial charge in [-0.25, -0.2) is 4.39 Å². The number of aliphatic hydroxyl groups excluding tert-OH is 1. The number of nitrogens with zero attached hydrogens (tertiary/aromatic N) is 1. The molecule has 1 aliphatic heterocycles. The van der Waals surface area contributed by atoms with Gasteiger partial charge >= 0.3 is 0 Å². The van der Waals surface area contributed by atoms with E-state index in [9.17, 15) is 9.50 Å². The van der Waals surface area contributed by atoms with E-state index in [1.54, 1.807) is 12.1 Å². The van der Waals surface area contributed by atoms with Crippen LogP contribution in [0.4, 0.5) is 4.39 Å². The summed E-state index contributed by atoms with van der Waals surface area (Å²) >= 11 is 0. The maximum absolute atomic E-state index is 12.8. The lowest BCUT2D eigenvalue weighted by Gasteiger charge is -2.34. The summed E-state index contributed by atoms with van der Waals surface area (Å²) in [6.45, 7) is 4.02. The zero-order valence-electron chi connectivity index (χ0n) is 9.90. The molecule has 0 bridgehead atoms. The highest BCUT2D eigenvalue weighted by Gasteiger charge is 2.19. The third-order valence-corrected chi connectivity index (χ3v) is 3.26. The van der Waals surface area contributed by atoms with Gasteiger partial charge in [0.2, 0.25) is 0 Å². The molecular weight excluding hydrogens is 219 g/mol. The lowest BCUT2D eigenvalue weighted by molar-refractivity contribution is 0.110. The van der Waals surface area contributed by atoms with E-state index < -0.39 is 0 Å². The van der Waals surface area contributed by atoms with Crippen molar-refractivity contribution < 1.29 is 9.50 Å². The lowest BCUT2D eigenvalue weighted by Crippen LogP contribution is -2.50. The number of hydrogen-bond donors (Lipinski definition) is 2. The van der Waals surface area contributed by atoms with Gasteiger partial charge in [-0.2, -0.15) is 0 Å². The Hall–Kier alpha value is -0.970. The van der Waals surface area contributed by atoms with Gasteiger partial charge in [0.1, 0.15) is 5.82 Å². The topological polar surface area (TPSA) is 35.5 Å². The first-order valence-corrected chi connectivity index (χ1v) is 6.09. The minimum atomic E-state index is -0.212. The molecule has 17 heavy (non-hydrogen) atoms. The summed E-state index contributed by atoms with van der Waals surface area (Å²) in [5, 5.41) is 12.8. The van der Waals surface area contributed by atoms with E-state index >= 15 is 0 Å². The van der Waals surface area contributed by atoms with Crippen LogP contribution in [0.5, 0.6) is 0 Å². The fourth-order valence-electron chi connectivity index (χ4n) is 2.25. The van der Waals surface area contributed by atoms with Crippen molar-refractivity contribution in [2.75, 3.05) is 32.8 Å². The predicted molar refractivity (Wildman–Crippen MR) is 65.4 cm³/mol. The number of benzene rings is 1. The molecule has 1 saturated heterocycles. The molecule has 94 valence electrons. The Morgan fingerprint density at radius 2 is 1.88 bits per heavy atom. The van der Waals surface area contributed by atoms with Gasteiger partial charge < -0.3 is 10.4 Å². The Morgan fingerprint density at radius 1 is 1.24 bits per heavy atom. The van der Waals surface area contributed by atoms with Crippen LogP contribution in [-0.4, -0.2) is 48.8 Å². The number of piperazine rings is 1. The van der Waals surface area contributed by atoms with Gasteiger partial charge in [-0.05, 0) is 24.1 Å². The fraction of sp³-hybridized carbons (Fsp3) is 0.538. The largest absolute Gasteiger partial charge is 0.395 e. The molecule has 1 heterocycles. The first-order chi connectivity index (χ1) is 8.29. The smallest absolute Gasteiger partial charge is 0.123 e. The van der Waals surface area contributed by atoms with E-state index in [1.807, 2.05) is 0 Å². The SMILES string of the molecule is OCC(Cc1ccc(F)cc1)N1CCNCC1. The van der Waals surface area contributed by atoms with E-state index in [2.05, 4.69) is 10.2 Å². The van der Waals surface area contributed by atoms with Gasteiger partial charge in [0.15, 0.2) is 0 Å². The summed E-state index contributed by atoms with van der Waals surface area (Å²) in [5.74, 6) is -0.212. The summed E-state index contributed by atoms with van der Waals surface area (Å²) in [6, 6.07) is 6.67. The second-order valence-corrected chi connectivity index (χ2v) is 4.45. The second-order valence-electron chi connectivity index (χ2n) is 4.45. The van der Waals surface area contributed by atoms with Crippen LogP contribution < -0.4 is 5.32 Å². The number of nitrogens with one attached hydrogen (secondary N) is 1. The van der Waals surface area contributed by atoms with Crippen molar-refractivity contribution in [2.45, 2.75) is 12.5 Å². The van der Waals surface area contributed by atoms with Crippen LogP contribution in [0.25, 0.3) is 0 Å². The summed E-state index contributed by atoms with van der Waals surface area (Å²) in [7, 11) is 0. The van der Waals surface area contributed by atoms with Crippen LogP contribution in [-0.2, 0) is 6.42 Å². The van der Waals surface area contributed by atoms with Crippen molar-refractivity contribution in [1.82, 2.24) is 10.2 Å². The van der Waals surface area contributed by atoms with Crippen LogP contribution in [0.15, 0.2) is 24.3 Å². The fourth-order valence-corrected chi connectivity index (χ4v) is 2.25. The van der Waals surface area contributed by atoms with Crippen LogP contribution >= 0.6 is 0 Å². The minimum Gasteiger partial charge on any atom is -0.395 e. The van der Waals surface area contributed by atoms with Crippen LogP contribution in [0.2, 0.25) is 0 Å². The van der Waals surface area contributed by atoms with Gasteiger partial charge in [-0.1, -0.05) is 12.1 Å². The van der Waals surface area contributed by atoms with Crippen molar-refractivity contribution in [3.05, 3.63) is 35.6 Å². The molecule has 3 nitrogen and oxygen atoms in total. The van der Waals surface area contributed by atoms with Crippen molar-refractivity contribution in [3.8, 4) is 0 Å². The van der Waals surface area contributed by atoms with Crippen molar-refractivity contribution in [1.29, 1.82) is 0 Å². The molecule has 1 unspecified atom stereocenters. The third kappa shape index (κ3) is 3.49. The molecule has 1 aromatic carbocycles. The predicted octanol–water partition coefficient (Wildman–Crippen LogP) is 0.634. The zero-order chi connectivity index (χ0) is 12.1. The molecule has 0 aromatic heterocycles. The molecular formula is C13H19FN2O. The van der Waals surface area contributed by atoms with Crippen LogP contribution in [0.3, 0.4) is 0 Å².